The second-order valence-electron chi connectivity index (χ2n) is 6.84. The first-order valence-corrected chi connectivity index (χ1v) is 8.68. The Labute approximate surface area is 137 Å². The van der Waals surface area contributed by atoms with E-state index in [0.717, 1.165) is 23.0 Å². The van der Waals surface area contributed by atoms with Crippen LogP contribution in [0, 0.1) is 16.2 Å². The van der Waals surface area contributed by atoms with Gasteiger partial charge in [0.05, 0.1) is 5.41 Å². The van der Waals surface area contributed by atoms with Crippen molar-refractivity contribution < 1.29 is 4.79 Å². The van der Waals surface area contributed by atoms with Crippen LogP contribution in [0.2, 0.25) is 0 Å². The van der Waals surface area contributed by atoms with Crippen LogP contribution in [0.1, 0.15) is 33.6 Å². The lowest BCUT2D eigenvalue weighted by Crippen LogP contribution is -2.68. The van der Waals surface area contributed by atoms with Gasteiger partial charge in [-0.25, -0.2) is 0 Å². The highest BCUT2D eigenvalue weighted by Gasteiger charge is 2.80. The molecule has 0 radical (unpaired) electrons. The SMILES string of the molecule is CC1(C)[C@]2(C(=O)Nc3ccc(Br)cc3)CC[C@]1(C)[C@H]2Br. The fraction of sp³-hybridized carbons (Fsp3) is 0.562. The first-order chi connectivity index (χ1) is 9.25. The Hall–Kier alpha value is -0.350. The zero-order valence-electron chi connectivity index (χ0n) is 12.0. The minimum atomic E-state index is -0.283. The number of alkyl halides is 1. The van der Waals surface area contributed by atoms with E-state index in [-0.39, 0.29) is 27.0 Å². The lowest BCUT2D eigenvalue weighted by Gasteiger charge is -2.64. The third-order valence-corrected chi connectivity index (χ3v) is 8.40. The molecule has 3 aliphatic rings. The summed E-state index contributed by atoms with van der Waals surface area (Å²) in [5.74, 6) is 0.154. The maximum Gasteiger partial charge on any atom is 0.232 e. The van der Waals surface area contributed by atoms with Crippen LogP contribution in [-0.4, -0.2) is 10.7 Å². The van der Waals surface area contributed by atoms with E-state index in [9.17, 15) is 4.79 Å². The summed E-state index contributed by atoms with van der Waals surface area (Å²) in [5.41, 5.74) is 0.843. The van der Waals surface area contributed by atoms with Crippen molar-refractivity contribution in [3.05, 3.63) is 28.7 Å². The Morgan fingerprint density at radius 2 is 1.80 bits per heavy atom. The van der Waals surface area contributed by atoms with Gasteiger partial charge in [-0.1, -0.05) is 52.6 Å². The van der Waals surface area contributed by atoms with Gasteiger partial charge in [0.2, 0.25) is 5.91 Å². The molecule has 1 aromatic carbocycles. The van der Waals surface area contributed by atoms with Crippen LogP contribution in [0.15, 0.2) is 28.7 Å². The van der Waals surface area contributed by atoms with Crippen LogP contribution in [0.4, 0.5) is 5.69 Å². The van der Waals surface area contributed by atoms with Gasteiger partial charge in [-0.05, 0) is 47.9 Å². The number of carbonyl (C=O) groups excluding carboxylic acids is 1. The smallest absolute Gasteiger partial charge is 0.232 e. The number of fused-ring (bicyclic) bond motifs is 1. The third-order valence-electron chi connectivity index (χ3n) is 6.08. The Morgan fingerprint density at radius 3 is 2.25 bits per heavy atom. The van der Waals surface area contributed by atoms with Gasteiger partial charge in [-0.2, -0.15) is 0 Å². The number of rotatable bonds is 2. The quantitative estimate of drug-likeness (QED) is 0.697. The van der Waals surface area contributed by atoms with E-state index in [1.165, 1.54) is 0 Å². The van der Waals surface area contributed by atoms with Crippen LogP contribution >= 0.6 is 31.9 Å². The molecular formula is C16H19Br2NO. The van der Waals surface area contributed by atoms with Gasteiger partial charge < -0.3 is 5.32 Å². The minimum Gasteiger partial charge on any atom is -0.326 e. The molecular weight excluding hydrogens is 382 g/mol. The van der Waals surface area contributed by atoms with Crippen molar-refractivity contribution >= 4 is 43.5 Å². The van der Waals surface area contributed by atoms with Gasteiger partial charge >= 0.3 is 0 Å². The van der Waals surface area contributed by atoms with Gasteiger partial charge in [-0.15, -0.1) is 0 Å². The monoisotopic (exact) mass is 399 g/mol. The Balaban J connectivity index is 1.86. The van der Waals surface area contributed by atoms with Crippen LogP contribution in [-0.2, 0) is 4.79 Å². The van der Waals surface area contributed by atoms with Gasteiger partial charge in [0.15, 0.2) is 0 Å². The Kier molecular flexibility index (Phi) is 3.15. The molecule has 3 saturated carbocycles. The minimum absolute atomic E-state index is 0.0353. The van der Waals surface area contributed by atoms with Crippen molar-refractivity contribution in [2.75, 3.05) is 5.32 Å². The zero-order chi connectivity index (χ0) is 14.8. The molecule has 3 fully saturated rings. The summed E-state index contributed by atoms with van der Waals surface area (Å²) in [6, 6.07) is 7.76. The van der Waals surface area contributed by atoms with E-state index in [2.05, 4.69) is 57.9 Å². The van der Waals surface area contributed by atoms with Crippen molar-refractivity contribution in [2.24, 2.45) is 16.2 Å². The van der Waals surface area contributed by atoms with E-state index in [1.54, 1.807) is 0 Å². The number of carbonyl (C=O) groups is 1. The Bertz CT molecular complexity index is 568. The highest BCUT2D eigenvalue weighted by atomic mass is 79.9. The van der Waals surface area contributed by atoms with Crippen molar-refractivity contribution in [2.45, 2.75) is 38.4 Å². The lowest BCUT2D eigenvalue weighted by molar-refractivity contribution is -0.155. The lowest BCUT2D eigenvalue weighted by atomic mass is 9.43. The molecule has 0 aromatic heterocycles. The molecule has 4 rings (SSSR count). The number of halogens is 2. The molecule has 20 heavy (non-hydrogen) atoms. The fourth-order valence-electron chi connectivity index (χ4n) is 4.23. The first kappa shape index (κ1) is 14.6. The average molecular weight is 401 g/mol. The van der Waals surface area contributed by atoms with Crippen molar-refractivity contribution in [1.82, 2.24) is 0 Å². The van der Waals surface area contributed by atoms with E-state index in [1.807, 2.05) is 24.3 Å². The molecule has 1 N–H and O–H groups in total. The highest BCUT2D eigenvalue weighted by Crippen LogP contribution is 2.79. The van der Waals surface area contributed by atoms with E-state index >= 15 is 0 Å². The van der Waals surface area contributed by atoms with E-state index in [4.69, 9.17) is 0 Å². The number of hydrogen-bond acceptors (Lipinski definition) is 1. The van der Waals surface area contributed by atoms with E-state index < -0.39 is 0 Å². The maximum absolute atomic E-state index is 12.9. The van der Waals surface area contributed by atoms with Crippen LogP contribution in [0.3, 0.4) is 0 Å². The summed E-state index contributed by atoms with van der Waals surface area (Å²) in [7, 11) is 0. The number of benzene rings is 1. The van der Waals surface area contributed by atoms with Crippen LogP contribution in [0.5, 0.6) is 0 Å². The average Bonchev–Trinajstić information content (AvgIpc) is 2.80. The zero-order valence-corrected chi connectivity index (χ0v) is 15.1. The largest absolute Gasteiger partial charge is 0.326 e. The standard InChI is InChI=1S/C16H19Br2NO/c1-14(2)15(3)8-9-16(14,12(15)18)13(20)19-11-6-4-10(17)5-7-11/h4-7,12H,8-9H2,1-3H3,(H,19,20)/t12-,15-,16-/m1/s1. The second kappa shape index (κ2) is 4.33. The van der Waals surface area contributed by atoms with Gasteiger partial charge in [0, 0.05) is 15.0 Å². The number of nitrogens with one attached hydrogen (secondary N) is 1. The molecule has 2 bridgehead atoms. The van der Waals surface area contributed by atoms with Crippen LogP contribution < -0.4 is 5.32 Å². The summed E-state index contributed by atoms with van der Waals surface area (Å²) in [6.45, 7) is 6.77. The van der Waals surface area contributed by atoms with Crippen molar-refractivity contribution in [3.8, 4) is 0 Å². The molecule has 1 amide bonds. The van der Waals surface area contributed by atoms with Gasteiger partial charge in [-0.3, -0.25) is 4.79 Å². The molecule has 0 saturated heterocycles. The summed E-state index contributed by atoms with van der Waals surface area (Å²) < 4.78 is 1.02. The number of hydrogen-bond donors (Lipinski definition) is 1. The molecule has 3 atom stereocenters. The normalized spacial score (nSPS) is 37.4. The van der Waals surface area contributed by atoms with Crippen molar-refractivity contribution in [1.29, 1.82) is 0 Å². The molecule has 108 valence electrons. The number of anilines is 1. The van der Waals surface area contributed by atoms with Gasteiger partial charge in [0.1, 0.15) is 0 Å². The van der Waals surface area contributed by atoms with Crippen LogP contribution in [0.25, 0.3) is 0 Å². The molecule has 0 heterocycles. The molecule has 4 heteroatoms. The first-order valence-electron chi connectivity index (χ1n) is 6.97. The summed E-state index contributed by atoms with van der Waals surface area (Å²) in [6.07, 6.45) is 2.08. The van der Waals surface area contributed by atoms with Gasteiger partial charge in [0.25, 0.3) is 0 Å². The highest BCUT2D eigenvalue weighted by molar-refractivity contribution is 9.10. The predicted molar refractivity (Wildman–Crippen MR) is 89.0 cm³/mol. The number of amides is 1. The predicted octanol–water partition coefficient (Wildman–Crippen LogP) is 4.98. The molecule has 2 nitrogen and oxygen atoms in total. The summed E-state index contributed by atoms with van der Waals surface area (Å²) >= 11 is 7.21. The van der Waals surface area contributed by atoms with E-state index in [0.29, 0.717) is 0 Å². The third kappa shape index (κ3) is 1.52. The molecule has 3 aliphatic carbocycles. The molecule has 0 spiro atoms. The molecule has 1 aromatic rings. The van der Waals surface area contributed by atoms with Crippen molar-refractivity contribution in [3.63, 3.8) is 0 Å². The molecule has 0 unspecified atom stereocenters. The summed E-state index contributed by atoms with van der Waals surface area (Å²) in [4.78, 5) is 13.1. The molecule has 0 aliphatic heterocycles. The fourth-order valence-corrected chi connectivity index (χ4v) is 6.31. The Morgan fingerprint density at radius 1 is 1.20 bits per heavy atom. The maximum atomic E-state index is 12.9. The topological polar surface area (TPSA) is 29.1 Å². The summed E-state index contributed by atoms with van der Waals surface area (Å²) in [5, 5.41) is 3.10. The second-order valence-corrected chi connectivity index (χ2v) is 8.67.